The number of nitrogens with zero attached hydrogens (tertiary/aromatic N) is 1. The third-order valence-electron chi connectivity index (χ3n) is 5.91. The summed E-state index contributed by atoms with van der Waals surface area (Å²) in [7, 11) is 0. The summed E-state index contributed by atoms with van der Waals surface area (Å²) in [6.45, 7) is 4.33. The predicted molar refractivity (Wildman–Crippen MR) is 108 cm³/mol. The molecule has 5 heteroatoms. The third kappa shape index (κ3) is 6.91. The Hall–Kier alpha value is -1.43. The van der Waals surface area contributed by atoms with Crippen molar-refractivity contribution in [1.82, 2.24) is 4.90 Å². The van der Waals surface area contributed by atoms with Crippen LogP contribution in [0, 0.1) is 5.92 Å². The van der Waals surface area contributed by atoms with E-state index in [1.807, 2.05) is 24.3 Å². The van der Waals surface area contributed by atoms with Gasteiger partial charge in [0.05, 0.1) is 19.3 Å². The first-order chi connectivity index (χ1) is 13.2. The molecule has 1 saturated heterocycles. The molecular weight excluding hydrogens is 340 g/mol. The molecule has 1 atom stereocenters. The Bertz CT molecular complexity index is 563. The van der Waals surface area contributed by atoms with Crippen LogP contribution in [0.25, 0.3) is 0 Å². The molecule has 5 nitrogen and oxygen atoms in total. The number of benzene rings is 1. The van der Waals surface area contributed by atoms with Crippen LogP contribution in [-0.4, -0.2) is 48.8 Å². The zero-order valence-corrected chi connectivity index (χ0v) is 16.4. The van der Waals surface area contributed by atoms with E-state index < -0.39 is 6.10 Å². The number of hydrogen-bond donors (Lipinski definition) is 2. The first kappa shape index (κ1) is 20.3. The number of rotatable bonds is 8. The van der Waals surface area contributed by atoms with Crippen LogP contribution in [0.5, 0.6) is 0 Å². The fourth-order valence-electron chi connectivity index (χ4n) is 4.12. The van der Waals surface area contributed by atoms with Crippen molar-refractivity contribution in [2.45, 2.75) is 57.5 Å². The molecule has 1 aliphatic carbocycles. The van der Waals surface area contributed by atoms with E-state index in [1.54, 1.807) is 0 Å². The lowest BCUT2D eigenvalue weighted by Crippen LogP contribution is -2.37. The van der Waals surface area contributed by atoms with Crippen molar-refractivity contribution < 1.29 is 14.6 Å². The number of aliphatic hydroxyl groups excluding tert-OH is 1. The molecule has 2 fully saturated rings. The molecule has 1 aromatic carbocycles. The van der Waals surface area contributed by atoms with E-state index in [9.17, 15) is 9.90 Å². The number of anilines is 1. The van der Waals surface area contributed by atoms with Crippen molar-refractivity contribution in [3.8, 4) is 0 Å². The monoisotopic (exact) mass is 374 g/mol. The van der Waals surface area contributed by atoms with E-state index in [-0.39, 0.29) is 5.91 Å². The van der Waals surface area contributed by atoms with Gasteiger partial charge in [-0.2, -0.15) is 0 Å². The smallest absolute Gasteiger partial charge is 0.224 e. The number of morpholine rings is 1. The van der Waals surface area contributed by atoms with Crippen molar-refractivity contribution in [2.75, 3.05) is 38.2 Å². The number of aliphatic hydroxyl groups is 1. The van der Waals surface area contributed by atoms with Gasteiger partial charge in [0, 0.05) is 31.7 Å². The summed E-state index contributed by atoms with van der Waals surface area (Å²) in [4.78, 5) is 14.5. The van der Waals surface area contributed by atoms with Crippen molar-refractivity contribution in [1.29, 1.82) is 0 Å². The van der Waals surface area contributed by atoms with E-state index in [1.165, 1.54) is 32.1 Å². The molecular formula is C22H34N2O3. The second kappa shape index (κ2) is 10.8. The number of nitrogens with one attached hydrogen (secondary N) is 1. The highest BCUT2D eigenvalue weighted by Crippen LogP contribution is 2.27. The summed E-state index contributed by atoms with van der Waals surface area (Å²) in [5, 5.41) is 13.4. The Labute approximate surface area is 163 Å². The summed E-state index contributed by atoms with van der Waals surface area (Å²) >= 11 is 0. The highest BCUT2D eigenvalue weighted by Gasteiger charge is 2.16. The van der Waals surface area contributed by atoms with E-state index >= 15 is 0 Å². The molecule has 1 unspecified atom stereocenters. The minimum absolute atomic E-state index is 0.0983. The quantitative estimate of drug-likeness (QED) is 0.728. The van der Waals surface area contributed by atoms with Crippen molar-refractivity contribution in [3.05, 3.63) is 29.8 Å². The highest BCUT2D eigenvalue weighted by molar-refractivity contribution is 5.90. The molecule has 1 aromatic rings. The highest BCUT2D eigenvalue weighted by atomic mass is 16.5. The van der Waals surface area contributed by atoms with Crippen molar-refractivity contribution in [3.63, 3.8) is 0 Å². The second-order valence-corrected chi connectivity index (χ2v) is 7.97. The van der Waals surface area contributed by atoms with Gasteiger partial charge in [-0.05, 0) is 36.5 Å². The van der Waals surface area contributed by atoms with Crippen LogP contribution in [-0.2, 0) is 9.53 Å². The van der Waals surface area contributed by atoms with Gasteiger partial charge >= 0.3 is 0 Å². The van der Waals surface area contributed by atoms with Gasteiger partial charge in [0.25, 0.3) is 0 Å². The van der Waals surface area contributed by atoms with Crippen LogP contribution < -0.4 is 5.32 Å². The van der Waals surface area contributed by atoms with Crippen molar-refractivity contribution >= 4 is 11.6 Å². The molecule has 0 bridgehead atoms. The van der Waals surface area contributed by atoms with E-state index in [0.29, 0.717) is 12.8 Å². The van der Waals surface area contributed by atoms with Crippen LogP contribution in [0.2, 0.25) is 0 Å². The lowest BCUT2D eigenvalue weighted by molar-refractivity contribution is -0.116. The Balaban J connectivity index is 1.38. The number of ether oxygens (including phenoxy) is 1. The average molecular weight is 375 g/mol. The van der Waals surface area contributed by atoms with Gasteiger partial charge in [0.2, 0.25) is 5.91 Å². The predicted octanol–water partition coefficient (Wildman–Crippen LogP) is 3.74. The Morgan fingerprint density at radius 3 is 2.56 bits per heavy atom. The van der Waals surface area contributed by atoms with Crippen LogP contribution in [0.1, 0.15) is 63.0 Å². The SMILES string of the molecule is O=C(CCC1CCCCC1)Nc1ccc(C(O)CCN2CCOCC2)cc1. The standard InChI is InChI=1S/C22H34N2O3/c25-21(12-13-24-14-16-27-17-15-24)19-7-9-20(10-8-19)23-22(26)11-6-18-4-2-1-3-5-18/h7-10,18,21,25H,1-6,11-17H2,(H,23,26). The maximum absolute atomic E-state index is 12.2. The van der Waals surface area contributed by atoms with Gasteiger partial charge in [-0.25, -0.2) is 0 Å². The van der Waals surface area contributed by atoms with Crippen LogP contribution in [0.15, 0.2) is 24.3 Å². The van der Waals surface area contributed by atoms with Gasteiger partial charge in [0.15, 0.2) is 0 Å². The van der Waals surface area contributed by atoms with Crippen molar-refractivity contribution in [2.24, 2.45) is 5.92 Å². The van der Waals surface area contributed by atoms with Gasteiger partial charge in [0.1, 0.15) is 0 Å². The third-order valence-corrected chi connectivity index (χ3v) is 5.91. The first-order valence-corrected chi connectivity index (χ1v) is 10.6. The first-order valence-electron chi connectivity index (χ1n) is 10.6. The summed E-state index contributed by atoms with van der Waals surface area (Å²) in [5.74, 6) is 0.828. The molecule has 2 N–H and O–H groups in total. The maximum atomic E-state index is 12.2. The summed E-state index contributed by atoms with van der Waals surface area (Å²) < 4.78 is 5.35. The molecule has 150 valence electrons. The lowest BCUT2D eigenvalue weighted by atomic mass is 9.86. The number of carbonyl (C=O) groups is 1. The Morgan fingerprint density at radius 1 is 1.15 bits per heavy atom. The molecule has 3 rings (SSSR count). The zero-order valence-electron chi connectivity index (χ0n) is 16.4. The molecule has 1 heterocycles. The van der Waals surface area contributed by atoms with Gasteiger partial charge < -0.3 is 15.2 Å². The Morgan fingerprint density at radius 2 is 1.85 bits per heavy atom. The molecule has 1 aliphatic heterocycles. The summed E-state index contributed by atoms with van der Waals surface area (Å²) in [6, 6.07) is 7.62. The normalized spacial score (nSPS) is 20.3. The molecule has 1 saturated carbocycles. The zero-order chi connectivity index (χ0) is 18.9. The number of amides is 1. The van der Waals surface area contributed by atoms with Crippen LogP contribution in [0.3, 0.4) is 0 Å². The fourth-order valence-corrected chi connectivity index (χ4v) is 4.12. The van der Waals surface area contributed by atoms with Gasteiger partial charge in [-0.1, -0.05) is 44.2 Å². The fraction of sp³-hybridized carbons (Fsp3) is 0.682. The van der Waals surface area contributed by atoms with Gasteiger partial charge in [-0.15, -0.1) is 0 Å². The lowest BCUT2D eigenvalue weighted by Gasteiger charge is -2.27. The van der Waals surface area contributed by atoms with E-state index in [0.717, 1.165) is 56.4 Å². The number of hydrogen-bond acceptors (Lipinski definition) is 4. The Kier molecular flexibility index (Phi) is 8.11. The summed E-state index contributed by atoms with van der Waals surface area (Å²) in [6.07, 6.45) is 8.42. The molecule has 0 spiro atoms. The molecule has 0 aromatic heterocycles. The maximum Gasteiger partial charge on any atom is 0.224 e. The van der Waals surface area contributed by atoms with Crippen LogP contribution >= 0.6 is 0 Å². The molecule has 0 radical (unpaired) electrons. The molecule has 2 aliphatic rings. The average Bonchev–Trinajstić information content (AvgIpc) is 2.72. The topological polar surface area (TPSA) is 61.8 Å². The van der Waals surface area contributed by atoms with Crippen LogP contribution in [0.4, 0.5) is 5.69 Å². The van der Waals surface area contributed by atoms with Gasteiger partial charge in [-0.3, -0.25) is 9.69 Å². The van der Waals surface area contributed by atoms with E-state index in [4.69, 9.17) is 4.74 Å². The largest absolute Gasteiger partial charge is 0.388 e. The molecule has 1 amide bonds. The second-order valence-electron chi connectivity index (χ2n) is 7.97. The summed E-state index contributed by atoms with van der Waals surface area (Å²) in [5.41, 5.74) is 1.72. The molecule has 27 heavy (non-hydrogen) atoms. The van der Waals surface area contributed by atoms with E-state index in [2.05, 4.69) is 10.2 Å². The number of carbonyl (C=O) groups excluding carboxylic acids is 1. The minimum atomic E-state index is -0.469. The minimum Gasteiger partial charge on any atom is -0.388 e.